The second-order valence-electron chi connectivity index (χ2n) is 5.90. The molecule has 1 aliphatic heterocycles. The Morgan fingerprint density at radius 2 is 2.08 bits per heavy atom. The number of rotatable bonds is 3. The number of nitrogens with zero attached hydrogens (tertiary/aromatic N) is 2. The molecule has 134 valence electrons. The number of aryl methyl sites for hydroxylation is 1. The smallest absolute Gasteiger partial charge is 0.263 e. The zero-order valence-electron chi connectivity index (χ0n) is 14.1. The number of likely N-dealkylation sites (N-methyl/N-ethyl adjacent to an activating group) is 1. The van der Waals surface area contributed by atoms with Crippen molar-refractivity contribution in [3.8, 4) is 0 Å². The first-order valence-corrected chi connectivity index (χ1v) is 10.1. The molecule has 0 radical (unpaired) electrons. The van der Waals surface area contributed by atoms with Crippen LogP contribution in [0.2, 0.25) is 0 Å². The lowest BCUT2D eigenvalue weighted by Gasteiger charge is -2.29. The van der Waals surface area contributed by atoms with Gasteiger partial charge in [0.05, 0.1) is 10.9 Å². The van der Waals surface area contributed by atoms with Crippen LogP contribution in [0.4, 0.5) is 0 Å². The average molecular weight is 381 g/mol. The van der Waals surface area contributed by atoms with E-state index < -0.39 is 22.0 Å². The molecule has 7 nitrogen and oxygen atoms in total. The first-order valence-electron chi connectivity index (χ1n) is 7.82. The summed E-state index contributed by atoms with van der Waals surface area (Å²) in [6, 6.07) is 4.30. The molecular weight excluding hydrogens is 362 g/mol. The van der Waals surface area contributed by atoms with E-state index in [1.54, 1.807) is 17.5 Å². The summed E-state index contributed by atoms with van der Waals surface area (Å²) in [5.41, 5.74) is 0.498. The SMILES string of the molecule is CCn1c(C)ccc(C(=O)N[C@H]2CN(C)S(=O)(=O)c3ccsc32)c1=O. The number of pyridine rings is 1. The van der Waals surface area contributed by atoms with Crippen LogP contribution in [0.5, 0.6) is 0 Å². The molecule has 1 atom stereocenters. The molecular formula is C16H19N3O4S2. The molecule has 0 spiro atoms. The maximum atomic E-state index is 12.6. The fourth-order valence-corrected chi connectivity index (χ4v) is 5.66. The lowest BCUT2D eigenvalue weighted by atomic mass is 10.2. The molecule has 1 aliphatic rings. The van der Waals surface area contributed by atoms with Crippen molar-refractivity contribution in [1.29, 1.82) is 0 Å². The number of hydrogen-bond acceptors (Lipinski definition) is 5. The third kappa shape index (κ3) is 2.92. The molecule has 0 aromatic carbocycles. The highest BCUT2D eigenvalue weighted by atomic mass is 32.2. The van der Waals surface area contributed by atoms with Gasteiger partial charge in [0.1, 0.15) is 5.56 Å². The van der Waals surface area contributed by atoms with E-state index in [9.17, 15) is 18.0 Å². The minimum absolute atomic E-state index is 0.0571. The zero-order chi connectivity index (χ0) is 18.4. The second kappa shape index (κ2) is 6.40. The molecule has 2 aromatic heterocycles. The van der Waals surface area contributed by atoms with Crippen molar-refractivity contribution < 1.29 is 13.2 Å². The van der Waals surface area contributed by atoms with Crippen molar-refractivity contribution in [2.45, 2.75) is 31.3 Å². The molecule has 0 bridgehead atoms. The molecule has 0 unspecified atom stereocenters. The summed E-state index contributed by atoms with van der Waals surface area (Å²) in [7, 11) is -2.03. The largest absolute Gasteiger partial charge is 0.343 e. The van der Waals surface area contributed by atoms with Gasteiger partial charge in [-0.2, -0.15) is 4.31 Å². The molecule has 1 N–H and O–H groups in total. The van der Waals surface area contributed by atoms with Gasteiger partial charge < -0.3 is 9.88 Å². The van der Waals surface area contributed by atoms with Gasteiger partial charge in [-0.3, -0.25) is 9.59 Å². The van der Waals surface area contributed by atoms with Crippen LogP contribution in [0.25, 0.3) is 0 Å². The number of aromatic nitrogens is 1. The molecule has 0 saturated heterocycles. The van der Waals surface area contributed by atoms with E-state index in [1.165, 1.54) is 33.3 Å². The van der Waals surface area contributed by atoms with Crippen LogP contribution in [0, 0.1) is 6.92 Å². The number of sulfonamides is 1. The number of thiophene rings is 1. The number of nitrogens with one attached hydrogen (secondary N) is 1. The molecule has 2 aromatic rings. The first kappa shape index (κ1) is 17.8. The molecule has 3 heterocycles. The number of carbonyl (C=O) groups excluding carboxylic acids is 1. The molecule has 0 aliphatic carbocycles. The van der Waals surface area contributed by atoms with E-state index >= 15 is 0 Å². The summed E-state index contributed by atoms with van der Waals surface area (Å²) in [6.07, 6.45) is 0. The molecule has 3 rings (SSSR count). The number of carbonyl (C=O) groups is 1. The summed E-state index contributed by atoms with van der Waals surface area (Å²) < 4.78 is 27.4. The minimum atomic E-state index is -3.51. The van der Waals surface area contributed by atoms with E-state index in [2.05, 4.69) is 5.32 Å². The number of fused-ring (bicyclic) bond motifs is 1. The Balaban J connectivity index is 1.94. The van der Waals surface area contributed by atoms with Crippen LogP contribution in [-0.4, -0.2) is 36.8 Å². The van der Waals surface area contributed by atoms with E-state index in [4.69, 9.17) is 0 Å². The second-order valence-corrected chi connectivity index (χ2v) is 8.86. The quantitative estimate of drug-likeness (QED) is 0.869. The van der Waals surface area contributed by atoms with E-state index in [0.717, 1.165) is 5.69 Å². The summed E-state index contributed by atoms with van der Waals surface area (Å²) in [4.78, 5) is 25.9. The monoisotopic (exact) mass is 381 g/mol. The standard InChI is InChI=1S/C16H19N3O4S2/c1-4-19-10(2)5-6-11(16(19)21)15(20)17-12-9-18(3)25(22,23)13-7-8-24-14(12)13/h5-8,12H,4,9H2,1-3H3,(H,17,20)/t12-/m0/s1. The average Bonchev–Trinajstić information content (AvgIpc) is 3.04. The predicted octanol–water partition coefficient (Wildman–Crippen LogP) is 1.34. The van der Waals surface area contributed by atoms with Gasteiger partial charge in [-0.1, -0.05) is 0 Å². The maximum Gasteiger partial charge on any atom is 0.263 e. The Morgan fingerprint density at radius 3 is 2.76 bits per heavy atom. The Kier molecular flexibility index (Phi) is 4.56. The highest BCUT2D eigenvalue weighted by Gasteiger charge is 2.36. The zero-order valence-corrected chi connectivity index (χ0v) is 15.8. The van der Waals surface area contributed by atoms with E-state index in [0.29, 0.717) is 11.4 Å². The van der Waals surface area contributed by atoms with Crippen LogP contribution in [0.1, 0.15) is 33.9 Å². The molecule has 1 amide bonds. The molecule has 0 fully saturated rings. The Bertz CT molecular complexity index is 991. The van der Waals surface area contributed by atoms with Crippen LogP contribution in [-0.2, 0) is 16.6 Å². The van der Waals surface area contributed by atoms with Gasteiger partial charge in [-0.15, -0.1) is 11.3 Å². The van der Waals surface area contributed by atoms with Crippen molar-refractivity contribution in [2.24, 2.45) is 0 Å². The Labute approximate surface area is 150 Å². The Morgan fingerprint density at radius 1 is 1.36 bits per heavy atom. The van der Waals surface area contributed by atoms with Crippen LogP contribution in [0.3, 0.4) is 0 Å². The van der Waals surface area contributed by atoms with Crippen molar-refractivity contribution in [3.05, 3.63) is 50.1 Å². The summed E-state index contributed by atoms with van der Waals surface area (Å²) >= 11 is 1.29. The van der Waals surface area contributed by atoms with Gasteiger partial charge >= 0.3 is 0 Å². The van der Waals surface area contributed by atoms with Crippen molar-refractivity contribution in [2.75, 3.05) is 13.6 Å². The summed E-state index contributed by atoms with van der Waals surface area (Å²) in [6.45, 7) is 4.26. The van der Waals surface area contributed by atoms with Crippen molar-refractivity contribution in [1.82, 2.24) is 14.2 Å². The highest BCUT2D eigenvalue weighted by Crippen LogP contribution is 2.35. The van der Waals surface area contributed by atoms with Crippen molar-refractivity contribution in [3.63, 3.8) is 0 Å². The summed E-state index contributed by atoms with van der Waals surface area (Å²) in [5.74, 6) is -0.496. The maximum absolute atomic E-state index is 12.6. The third-order valence-electron chi connectivity index (χ3n) is 4.36. The first-order chi connectivity index (χ1) is 11.8. The fraction of sp³-hybridized carbons (Fsp3) is 0.375. The highest BCUT2D eigenvalue weighted by molar-refractivity contribution is 7.89. The van der Waals surface area contributed by atoms with Gasteiger partial charge in [0.25, 0.3) is 11.5 Å². The van der Waals surface area contributed by atoms with Crippen LogP contribution < -0.4 is 10.9 Å². The predicted molar refractivity (Wildman–Crippen MR) is 95.5 cm³/mol. The third-order valence-corrected chi connectivity index (χ3v) is 7.40. The fourth-order valence-electron chi connectivity index (χ4n) is 2.97. The van der Waals surface area contributed by atoms with Crippen molar-refractivity contribution >= 4 is 27.3 Å². The minimum Gasteiger partial charge on any atom is -0.343 e. The lowest BCUT2D eigenvalue weighted by Crippen LogP contribution is -2.44. The van der Waals surface area contributed by atoms with Gasteiger partial charge in [0.2, 0.25) is 10.0 Å². The normalized spacial score (nSPS) is 19.4. The summed E-state index contributed by atoms with van der Waals surface area (Å²) in [5, 5.41) is 4.50. The van der Waals surface area contributed by atoms with Gasteiger partial charge in [-0.25, -0.2) is 8.42 Å². The molecule has 0 saturated carbocycles. The van der Waals surface area contributed by atoms with Gasteiger partial charge in [0, 0.05) is 30.7 Å². The van der Waals surface area contributed by atoms with Gasteiger partial charge in [-0.05, 0) is 37.4 Å². The van der Waals surface area contributed by atoms with Crippen LogP contribution >= 0.6 is 11.3 Å². The lowest BCUT2D eigenvalue weighted by molar-refractivity contribution is 0.0929. The number of hydrogen-bond donors (Lipinski definition) is 1. The van der Waals surface area contributed by atoms with E-state index in [-0.39, 0.29) is 22.6 Å². The van der Waals surface area contributed by atoms with E-state index in [1.807, 2.05) is 13.8 Å². The van der Waals surface area contributed by atoms with Crippen LogP contribution in [0.15, 0.2) is 33.3 Å². The molecule has 25 heavy (non-hydrogen) atoms. The number of amides is 1. The Hall–Kier alpha value is -1.97. The van der Waals surface area contributed by atoms with Gasteiger partial charge in [0.15, 0.2) is 0 Å². The topological polar surface area (TPSA) is 88.5 Å². The molecule has 9 heteroatoms.